The van der Waals surface area contributed by atoms with E-state index in [1.807, 2.05) is 49.5 Å². The van der Waals surface area contributed by atoms with E-state index in [9.17, 15) is 4.79 Å². The Labute approximate surface area is 180 Å². The summed E-state index contributed by atoms with van der Waals surface area (Å²) in [7, 11) is 0. The van der Waals surface area contributed by atoms with Crippen molar-refractivity contribution in [2.45, 2.75) is 44.6 Å². The van der Waals surface area contributed by atoms with Gasteiger partial charge in [-0.25, -0.2) is 0 Å². The van der Waals surface area contributed by atoms with Gasteiger partial charge in [0.1, 0.15) is 5.69 Å². The van der Waals surface area contributed by atoms with Crippen LogP contribution in [0.1, 0.15) is 48.2 Å². The third kappa shape index (κ3) is 2.86. The van der Waals surface area contributed by atoms with Crippen molar-refractivity contribution in [3.63, 3.8) is 0 Å². The molecule has 0 spiro atoms. The smallest absolute Gasteiger partial charge is 0.221 e. The summed E-state index contributed by atoms with van der Waals surface area (Å²) < 4.78 is 2.25. The van der Waals surface area contributed by atoms with Crippen LogP contribution in [0.15, 0.2) is 48.7 Å². The number of carbonyl (C=O) groups excluding carboxylic acids is 1. The van der Waals surface area contributed by atoms with Gasteiger partial charge >= 0.3 is 0 Å². The molecule has 3 aromatic heterocycles. The molecule has 2 N–H and O–H groups in total. The highest BCUT2D eigenvalue weighted by atomic mass is 16.1. The first-order chi connectivity index (χ1) is 15.1. The average Bonchev–Trinajstić information content (AvgIpc) is 3.45. The molecule has 1 aliphatic heterocycles. The zero-order valence-corrected chi connectivity index (χ0v) is 17.4. The van der Waals surface area contributed by atoms with Crippen LogP contribution < -0.4 is 5.73 Å². The van der Waals surface area contributed by atoms with Gasteiger partial charge in [0, 0.05) is 28.8 Å². The third-order valence-electron chi connectivity index (χ3n) is 6.67. The lowest BCUT2D eigenvalue weighted by molar-refractivity contribution is -0.117. The Bertz CT molecular complexity index is 1360. The van der Waals surface area contributed by atoms with Gasteiger partial charge in [-0.05, 0) is 67.6 Å². The number of carbonyl (C=O) groups is 1. The van der Waals surface area contributed by atoms with E-state index in [0.29, 0.717) is 12.0 Å². The Morgan fingerprint density at radius 3 is 2.94 bits per heavy atom. The molecule has 0 unspecified atom stereocenters. The maximum atomic E-state index is 11.5. The molecule has 1 saturated carbocycles. The monoisotopic (exact) mass is 409 g/mol. The van der Waals surface area contributed by atoms with Crippen LogP contribution in [0.3, 0.4) is 0 Å². The molecular formula is C25H23N5O. The summed E-state index contributed by atoms with van der Waals surface area (Å²) in [4.78, 5) is 20.9. The predicted octanol–water partition coefficient (Wildman–Crippen LogP) is 4.32. The minimum Gasteiger partial charge on any atom is -0.369 e. The first kappa shape index (κ1) is 18.2. The zero-order chi connectivity index (χ0) is 21.1. The maximum Gasteiger partial charge on any atom is 0.221 e. The Morgan fingerprint density at radius 1 is 1.19 bits per heavy atom. The number of pyridine rings is 2. The number of nitrogens with two attached hydrogens (primary N) is 1. The van der Waals surface area contributed by atoms with Gasteiger partial charge in [0.15, 0.2) is 0 Å². The molecule has 1 aliphatic carbocycles. The van der Waals surface area contributed by atoms with Gasteiger partial charge in [0.05, 0.1) is 29.4 Å². The van der Waals surface area contributed by atoms with Crippen molar-refractivity contribution in [1.29, 1.82) is 0 Å². The molecule has 2 bridgehead atoms. The first-order valence-electron chi connectivity index (χ1n) is 10.8. The first-order valence-corrected chi connectivity index (χ1v) is 10.8. The Morgan fingerprint density at radius 2 is 2.10 bits per heavy atom. The quantitative estimate of drug-likeness (QED) is 0.544. The number of fused-ring (bicyclic) bond motifs is 6. The van der Waals surface area contributed by atoms with E-state index in [4.69, 9.17) is 15.8 Å². The van der Waals surface area contributed by atoms with Crippen LogP contribution in [0.25, 0.3) is 33.4 Å². The molecule has 1 fully saturated rings. The Kier molecular flexibility index (Phi) is 3.96. The molecule has 0 saturated heterocycles. The van der Waals surface area contributed by atoms with E-state index in [2.05, 4.69) is 15.7 Å². The van der Waals surface area contributed by atoms with E-state index in [0.717, 1.165) is 44.7 Å². The highest BCUT2D eigenvalue weighted by molar-refractivity contribution is 5.99. The molecule has 31 heavy (non-hydrogen) atoms. The molecule has 6 nitrogen and oxygen atoms in total. The second-order valence-corrected chi connectivity index (χ2v) is 8.73. The van der Waals surface area contributed by atoms with Crippen LogP contribution in [0.4, 0.5) is 0 Å². The van der Waals surface area contributed by atoms with Crippen molar-refractivity contribution in [2.24, 2.45) is 5.73 Å². The number of benzene rings is 1. The molecule has 6 heteroatoms. The Balaban J connectivity index is 1.64. The number of aryl methyl sites for hydroxylation is 1. The van der Waals surface area contributed by atoms with Gasteiger partial charge in [0.25, 0.3) is 0 Å². The van der Waals surface area contributed by atoms with Crippen molar-refractivity contribution in [1.82, 2.24) is 19.7 Å². The molecule has 1 aromatic carbocycles. The van der Waals surface area contributed by atoms with E-state index in [1.165, 1.54) is 25.0 Å². The summed E-state index contributed by atoms with van der Waals surface area (Å²) in [5.41, 5.74) is 13.6. The zero-order valence-electron chi connectivity index (χ0n) is 17.4. The second kappa shape index (κ2) is 6.74. The standard InChI is InChI=1S/C25H23N5O/c1-14-3-2-4-21(28-14)24-23(25-16-6-7-17(13-16)30(25)29-24)18-9-10-27-20-8-5-15(11-19(18)20)12-22(26)31/h2-5,8-11,16-17H,6-7,12-13H2,1H3,(H2,26,31)/t16-,17+/m0/s1. The van der Waals surface area contributed by atoms with Crippen LogP contribution in [-0.4, -0.2) is 25.7 Å². The van der Waals surface area contributed by atoms with E-state index < -0.39 is 0 Å². The van der Waals surface area contributed by atoms with E-state index >= 15 is 0 Å². The predicted molar refractivity (Wildman–Crippen MR) is 119 cm³/mol. The van der Waals surface area contributed by atoms with Crippen molar-refractivity contribution >= 4 is 16.8 Å². The number of amides is 1. The number of primary amides is 1. The normalized spacial score (nSPS) is 19.1. The van der Waals surface area contributed by atoms with Crippen molar-refractivity contribution in [2.75, 3.05) is 0 Å². The number of nitrogens with zero attached hydrogens (tertiary/aromatic N) is 4. The fourth-order valence-electron chi connectivity index (χ4n) is 5.39. The summed E-state index contributed by atoms with van der Waals surface area (Å²) in [6.45, 7) is 2.01. The largest absolute Gasteiger partial charge is 0.369 e. The molecule has 2 atom stereocenters. The summed E-state index contributed by atoms with van der Waals surface area (Å²) in [5.74, 6) is 0.196. The average molecular weight is 409 g/mol. The lowest BCUT2D eigenvalue weighted by atomic mass is 9.91. The van der Waals surface area contributed by atoms with Gasteiger partial charge in [-0.15, -0.1) is 0 Å². The van der Waals surface area contributed by atoms with Gasteiger partial charge in [-0.3, -0.25) is 19.4 Å². The van der Waals surface area contributed by atoms with Crippen LogP contribution in [0.2, 0.25) is 0 Å². The molecule has 2 aliphatic rings. The minimum atomic E-state index is -0.335. The van der Waals surface area contributed by atoms with Crippen LogP contribution in [0, 0.1) is 6.92 Å². The molecule has 4 heterocycles. The van der Waals surface area contributed by atoms with E-state index in [-0.39, 0.29) is 12.3 Å². The van der Waals surface area contributed by atoms with E-state index in [1.54, 1.807) is 0 Å². The molecule has 4 aromatic rings. The molecule has 154 valence electrons. The highest BCUT2D eigenvalue weighted by Gasteiger charge is 2.42. The summed E-state index contributed by atoms with van der Waals surface area (Å²) in [6.07, 6.45) is 5.65. The van der Waals surface area contributed by atoms with Gasteiger partial charge < -0.3 is 5.73 Å². The topological polar surface area (TPSA) is 86.7 Å². The maximum absolute atomic E-state index is 11.5. The number of hydrogen-bond acceptors (Lipinski definition) is 4. The lowest BCUT2D eigenvalue weighted by Gasteiger charge is -2.15. The summed E-state index contributed by atoms with van der Waals surface area (Å²) >= 11 is 0. The minimum absolute atomic E-state index is 0.216. The fourth-order valence-corrected chi connectivity index (χ4v) is 5.39. The van der Waals surface area contributed by atoms with Gasteiger partial charge in [0.2, 0.25) is 5.91 Å². The van der Waals surface area contributed by atoms with Crippen LogP contribution >= 0.6 is 0 Å². The highest BCUT2D eigenvalue weighted by Crippen LogP contribution is 2.54. The van der Waals surface area contributed by atoms with Crippen molar-refractivity contribution in [3.8, 4) is 22.5 Å². The Hall–Kier alpha value is -3.54. The summed E-state index contributed by atoms with van der Waals surface area (Å²) in [6, 6.07) is 14.6. The van der Waals surface area contributed by atoms with Gasteiger partial charge in [-0.1, -0.05) is 12.1 Å². The number of aromatic nitrogens is 4. The molecule has 1 amide bonds. The number of rotatable bonds is 4. The number of hydrogen-bond donors (Lipinski definition) is 1. The van der Waals surface area contributed by atoms with Crippen molar-refractivity contribution < 1.29 is 4.79 Å². The summed E-state index contributed by atoms with van der Waals surface area (Å²) in [5, 5.41) is 6.12. The lowest BCUT2D eigenvalue weighted by Crippen LogP contribution is -2.13. The molecular weight excluding hydrogens is 386 g/mol. The second-order valence-electron chi connectivity index (χ2n) is 8.73. The SMILES string of the molecule is Cc1cccc(-c2nn3c(c2-c2ccnc4ccc(CC(N)=O)cc24)[C@H]2CC[C@@H]3C2)n1. The van der Waals surface area contributed by atoms with Gasteiger partial charge in [-0.2, -0.15) is 5.10 Å². The van der Waals surface area contributed by atoms with Crippen molar-refractivity contribution in [3.05, 3.63) is 65.6 Å². The molecule has 6 rings (SSSR count). The van der Waals surface area contributed by atoms with Crippen LogP contribution in [0.5, 0.6) is 0 Å². The third-order valence-corrected chi connectivity index (χ3v) is 6.67. The molecule has 0 radical (unpaired) electrons. The fraction of sp³-hybridized carbons (Fsp3) is 0.280. The van der Waals surface area contributed by atoms with Crippen LogP contribution in [-0.2, 0) is 11.2 Å².